The van der Waals surface area contributed by atoms with Crippen LogP contribution in [0.1, 0.15) is 84.3 Å². The molecule has 7 rings (SSSR count). The number of hydrogen-bond acceptors (Lipinski definition) is 6. The van der Waals surface area contributed by atoms with Crippen LogP contribution in [0.2, 0.25) is 0 Å². The van der Waals surface area contributed by atoms with Crippen LogP contribution in [0.4, 0.5) is 0 Å². The van der Waals surface area contributed by atoms with E-state index < -0.39 is 11.5 Å². The van der Waals surface area contributed by atoms with Crippen molar-refractivity contribution in [2.45, 2.75) is 75.8 Å². The third-order valence-corrected chi connectivity index (χ3v) is 10.6. The number of ketones is 1. The first-order valence-corrected chi connectivity index (χ1v) is 17.2. The molecule has 9 heteroatoms. The summed E-state index contributed by atoms with van der Waals surface area (Å²) in [5.74, 6) is 1.11. The lowest BCUT2D eigenvalue weighted by Crippen LogP contribution is -2.59. The van der Waals surface area contributed by atoms with Crippen LogP contribution in [-0.2, 0) is 22.6 Å². The third kappa shape index (κ3) is 6.18. The Hall–Kier alpha value is -5.05. The molecular weight excluding hydrogens is 620 g/mol. The standard InChI is InChI=1S/C40H42N2O7/c1-47-29-13-15-31-34(24-29)49-20-19-42-32-22-28(12-14-30(32)37(38(31)42)26-7-4-3-5-8-26)39(46)41-40(17-6-18-40)35(43)23-27-11-9-25(10-16-36(44)45)21-33(27)48-2/h9-16,21-22,24,26H,3-8,17-20,23H2,1-2H3,(H,41,46)(H,44,45)/b16-10+. The summed E-state index contributed by atoms with van der Waals surface area (Å²) in [6, 6.07) is 17.3. The highest BCUT2D eigenvalue weighted by Crippen LogP contribution is 2.48. The van der Waals surface area contributed by atoms with Crippen molar-refractivity contribution in [2.75, 3.05) is 20.8 Å². The Morgan fingerprint density at radius 2 is 1.80 bits per heavy atom. The fourth-order valence-corrected chi connectivity index (χ4v) is 7.85. The van der Waals surface area contributed by atoms with Gasteiger partial charge in [-0.1, -0.05) is 37.5 Å². The molecule has 0 unspecified atom stereocenters. The molecule has 1 amide bonds. The van der Waals surface area contributed by atoms with Gasteiger partial charge in [0.15, 0.2) is 5.78 Å². The SMILES string of the molecule is COc1ccc2c(c1)OCCn1c-2c(C2CCCCC2)c2ccc(C(=O)NC3(C(=O)Cc4ccc(/C=C/C(=O)O)cc4OC)CCC3)cc21. The van der Waals surface area contributed by atoms with E-state index in [9.17, 15) is 14.4 Å². The maximum absolute atomic E-state index is 14.0. The zero-order chi connectivity index (χ0) is 34.1. The van der Waals surface area contributed by atoms with E-state index in [1.807, 2.05) is 24.3 Å². The molecule has 2 aliphatic carbocycles. The number of aromatic nitrogens is 1. The van der Waals surface area contributed by atoms with Crippen LogP contribution in [-0.4, -0.2) is 53.7 Å². The number of aliphatic carboxylic acids is 1. The van der Waals surface area contributed by atoms with E-state index in [1.54, 1.807) is 25.3 Å². The second-order valence-corrected chi connectivity index (χ2v) is 13.4. The summed E-state index contributed by atoms with van der Waals surface area (Å²) in [4.78, 5) is 38.8. The van der Waals surface area contributed by atoms with Crippen LogP contribution >= 0.6 is 0 Å². The van der Waals surface area contributed by atoms with Crippen LogP contribution in [0.15, 0.2) is 60.7 Å². The highest BCUT2D eigenvalue weighted by molar-refractivity contribution is 6.04. The molecular formula is C40H42N2O7. The summed E-state index contributed by atoms with van der Waals surface area (Å²) in [5.41, 5.74) is 5.47. The highest BCUT2D eigenvalue weighted by Gasteiger charge is 2.45. The van der Waals surface area contributed by atoms with Crippen LogP contribution in [0.25, 0.3) is 28.2 Å². The molecule has 3 aliphatic rings. The minimum Gasteiger partial charge on any atom is -0.497 e. The van der Waals surface area contributed by atoms with Crippen molar-refractivity contribution >= 4 is 34.6 Å². The Labute approximate surface area is 285 Å². The van der Waals surface area contributed by atoms with E-state index in [2.05, 4.69) is 22.0 Å². The lowest BCUT2D eigenvalue weighted by Gasteiger charge is -2.41. The molecule has 49 heavy (non-hydrogen) atoms. The van der Waals surface area contributed by atoms with Gasteiger partial charge in [0.25, 0.3) is 5.91 Å². The number of fused-ring (bicyclic) bond motifs is 5. The van der Waals surface area contributed by atoms with Crippen molar-refractivity contribution < 1.29 is 33.7 Å². The van der Waals surface area contributed by atoms with Gasteiger partial charge in [0.05, 0.1) is 32.0 Å². The lowest BCUT2D eigenvalue weighted by atomic mass is 9.72. The predicted molar refractivity (Wildman–Crippen MR) is 188 cm³/mol. The Morgan fingerprint density at radius 3 is 2.51 bits per heavy atom. The second-order valence-electron chi connectivity index (χ2n) is 13.4. The van der Waals surface area contributed by atoms with E-state index in [4.69, 9.17) is 19.3 Å². The van der Waals surface area contributed by atoms with Crippen molar-refractivity contribution in [3.63, 3.8) is 0 Å². The number of carboxylic acid groups (broad SMARTS) is 1. The minimum absolute atomic E-state index is 0.0689. The third-order valence-electron chi connectivity index (χ3n) is 10.6. The van der Waals surface area contributed by atoms with E-state index in [-0.39, 0.29) is 18.1 Å². The Morgan fingerprint density at radius 1 is 0.980 bits per heavy atom. The number of nitrogens with one attached hydrogen (secondary N) is 1. The Bertz CT molecular complexity index is 1960. The normalized spacial score (nSPS) is 16.9. The highest BCUT2D eigenvalue weighted by atomic mass is 16.5. The minimum atomic E-state index is -1.04. The average Bonchev–Trinajstić information content (AvgIpc) is 3.30. The van der Waals surface area contributed by atoms with Gasteiger partial charge >= 0.3 is 5.97 Å². The van der Waals surface area contributed by atoms with Gasteiger partial charge in [-0.25, -0.2) is 4.79 Å². The number of nitrogens with zero attached hydrogens (tertiary/aromatic N) is 1. The summed E-state index contributed by atoms with van der Waals surface area (Å²) < 4.78 is 19.6. The molecule has 0 radical (unpaired) electrons. The molecule has 4 aromatic rings. The number of amides is 1. The fourth-order valence-electron chi connectivity index (χ4n) is 7.85. The summed E-state index contributed by atoms with van der Waals surface area (Å²) in [6.07, 6.45) is 10.6. The van der Waals surface area contributed by atoms with E-state index in [0.29, 0.717) is 54.4 Å². The molecule has 0 saturated heterocycles. The molecule has 1 aromatic heterocycles. The number of carbonyl (C=O) groups excluding carboxylic acids is 2. The van der Waals surface area contributed by atoms with E-state index in [1.165, 1.54) is 49.1 Å². The summed E-state index contributed by atoms with van der Waals surface area (Å²) >= 11 is 0. The van der Waals surface area contributed by atoms with Crippen molar-refractivity contribution in [1.82, 2.24) is 9.88 Å². The fraction of sp³-hybridized carbons (Fsp3) is 0.375. The number of ether oxygens (including phenoxy) is 3. The molecule has 254 valence electrons. The largest absolute Gasteiger partial charge is 0.497 e. The molecule has 2 saturated carbocycles. The number of carboxylic acids is 1. The van der Waals surface area contributed by atoms with Crippen molar-refractivity contribution in [1.29, 1.82) is 0 Å². The van der Waals surface area contributed by atoms with Gasteiger partial charge in [-0.2, -0.15) is 0 Å². The zero-order valence-corrected chi connectivity index (χ0v) is 28.1. The average molecular weight is 663 g/mol. The van der Waals surface area contributed by atoms with Crippen LogP contribution in [0.5, 0.6) is 17.2 Å². The number of carbonyl (C=O) groups is 3. The molecule has 3 aromatic carbocycles. The summed E-state index contributed by atoms with van der Waals surface area (Å²) in [5, 5.41) is 13.3. The number of Topliss-reactive ketones (excluding diaryl/α,β-unsaturated/α-hetero) is 1. The summed E-state index contributed by atoms with van der Waals surface area (Å²) in [6.45, 7) is 1.14. The zero-order valence-electron chi connectivity index (χ0n) is 28.1. The Kier molecular flexibility index (Phi) is 8.92. The van der Waals surface area contributed by atoms with Crippen LogP contribution in [0, 0.1) is 0 Å². The first-order chi connectivity index (χ1) is 23.8. The molecule has 0 bridgehead atoms. The number of methoxy groups -OCH3 is 2. The van der Waals surface area contributed by atoms with Gasteiger partial charge in [-0.05, 0) is 85.6 Å². The number of hydrogen-bond donors (Lipinski definition) is 2. The predicted octanol–water partition coefficient (Wildman–Crippen LogP) is 7.33. The van der Waals surface area contributed by atoms with Gasteiger partial charge in [0.2, 0.25) is 0 Å². The molecule has 2 fully saturated rings. The lowest BCUT2D eigenvalue weighted by molar-refractivity contribution is -0.131. The van der Waals surface area contributed by atoms with E-state index >= 15 is 0 Å². The topological polar surface area (TPSA) is 116 Å². The maximum Gasteiger partial charge on any atom is 0.328 e. The van der Waals surface area contributed by atoms with Gasteiger partial charge < -0.3 is 29.2 Å². The first kappa shape index (κ1) is 32.5. The number of rotatable bonds is 10. The molecule has 2 N–H and O–H groups in total. The molecule has 0 spiro atoms. The van der Waals surface area contributed by atoms with Gasteiger partial charge in [-0.15, -0.1) is 0 Å². The smallest absolute Gasteiger partial charge is 0.328 e. The maximum atomic E-state index is 14.0. The summed E-state index contributed by atoms with van der Waals surface area (Å²) in [7, 11) is 3.18. The molecule has 1 aliphatic heterocycles. The Balaban J connectivity index is 1.20. The van der Waals surface area contributed by atoms with Crippen LogP contribution in [0.3, 0.4) is 0 Å². The monoisotopic (exact) mass is 662 g/mol. The van der Waals surface area contributed by atoms with E-state index in [0.717, 1.165) is 47.9 Å². The van der Waals surface area contributed by atoms with Crippen molar-refractivity contribution in [3.05, 3.63) is 82.9 Å². The quantitative estimate of drug-likeness (QED) is 0.171. The first-order valence-electron chi connectivity index (χ1n) is 17.2. The van der Waals surface area contributed by atoms with Gasteiger partial charge in [-0.3, -0.25) is 9.59 Å². The van der Waals surface area contributed by atoms with Crippen molar-refractivity contribution in [3.8, 4) is 28.5 Å². The molecule has 0 atom stereocenters. The molecule has 2 heterocycles. The van der Waals surface area contributed by atoms with Crippen molar-refractivity contribution in [2.24, 2.45) is 0 Å². The second kappa shape index (κ2) is 13.5. The van der Waals surface area contributed by atoms with Gasteiger partial charge in [0.1, 0.15) is 23.9 Å². The number of benzene rings is 3. The van der Waals surface area contributed by atoms with Crippen LogP contribution < -0.4 is 19.5 Å². The van der Waals surface area contributed by atoms with Gasteiger partial charge in [0, 0.05) is 46.2 Å². The molecule has 9 nitrogen and oxygen atoms in total.